The van der Waals surface area contributed by atoms with Gasteiger partial charge in [-0.25, -0.2) is 0 Å². The molecule has 2 amide bonds. The Balaban J connectivity index is 1.72. The van der Waals surface area contributed by atoms with Gasteiger partial charge in [0, 0.05) is 17.1 Å². The maximum Gasteiger partial charge on any atom is 0.255 e. The van der Waals surface area contributed by atoms with Gasteiger partial charge >= 0.3 is 0 Å². The van der Waals surface area contributed by atoms with Gasteiger partial charge in [-0.2, -0.15) is 0 Å². The Hall–Kier alpha value is -3.31. The lowest BCUT2D eigenvalue weighted by Crippen LogP contribution is -2.25. The van der Waals surface area contributed by atoms with Crippen molar-refractivity contribution in [3.63, 3.8) is 0 Å². The summed E-state index contributed by atoms with van der Waals surface area (Å²) in [4.78, 5) is 25.1. The smallest absolute Gasteiger partial charge is 0.255 e. The first-order chi connectivity index (χ1) is 13.6. The lowest BCUT2D eigenvalue weighted by atomic mass is 10.1. The van der Waals surface area contributed by atoms with Crippen molar-refractivity contribution in [3.05, 3.63) is 94.5 Å². The second kappa shape index (κ2) is 9.06. The summed E-state index contributed by atoms with van der Waals surface area (Å²) in [7, 11) is 1.56. The normalized spacial score (nSPS) is 10.2. The van der Waals surface area contributed by atoms with E-state index in [2.05, 4.69) is 10.6 Å². The molecule has 0 atom stereocenters. The van der Waals surface area contributed by atoms with Crippen LogP contribution < -0.4 is 15.4 Å². The third-order valence-corrected chi connectivity index (χ3v) is 4.54. The van der Waals surface area contributed by atoms with Gasteiger partial charge in [-0.3, -0.25) is 9.59 Å². The second-order valence-electron chi connectivity index (χ2n) is 6.00. The van der Waals surface area contributed by atoms with E-state index in [1.807, 2.05) is 18.2 Å². The van der Waals surface area contributed by atoms with Gasteiger partial charge in [0.2, 0.25) is 0 Å². The highest BCUT2D eigenvalue weighted by atomic mass is 35.5. The summed E-state index contributed by atoms with van der Waals surface area (Å²) in [5, 5.41) is 6.21. The van der Waals surface area contributed by atoms with Crippen LogP contribution >= 0.6 is 11.6 Å². The lowest BCUT2D eigenvalue weighted by molar-refractivity contribution is 0.0952. The van der Waals surface area contributed by atoms with Gasteiger partial charge in [-0.15, -0.1) is 0 Å². The van der Waals surface area contributed by atoms with Crippen LogP contribution in [0.25, 0.3) is 0 Å². The molecule has 28 heavy (non-hydrogen) atoms. The van der Waals surface area contributed by atoms with Crippen LogP contribution in [0.5, 0.6) is 5.75 Å². The molecule has 0 unspecified atom stereocenters. The molecule has 0 radical (unpaired) electrons. The fraction of sp³-hybridized carbons (Fsp3) is 0.0909. The van der Waals surface area contributed by atoms with E-state index >= 15 is 0 Å². The molecule has 3 aromatic rings. The molecule has 0 heterocycles. The highest BCUT2D eigenvalue weighted by Gasteiger charge is 2.14. The number of benzene rings is 3. The summed E-state index contributed by atoms with van der Waals surface area (Å²) in [5.41, 5.74) is 2.08. The molecule has 5 nitrogen and oxygen atoms in total. The van der Waals surface area contributed by atoms with Crippen LogP contribution in [0.4, 0.5) is 5.69 Å². The SMILES string of the molecule is COc1ccc(C(=O)Nc2ccccc2C(=O)NCc2ccccc2Cl)cc1. The van der Waals surface area contributed by atoms with Crippen molar-refractivity contribution in [2.45, 2.75) is 6.54 Å². The van der Waals surface area contributed by atoms with E-state index in [9.17, 15) is 9.59 Å². The number of nitrogens with one attached hydrogen (secondary N) is 2. The van der Waals surface area contributed by atoms with E-state index in [-0.39, 0.29) is 11.8 Å². The number of para-hydroxylation sites is 1. The number of carbonyl (C=O) groups is 2. The van der Waals surface area contributed by atoms with Gasteiger partial charge in [-0.1, -0.05) is 41.9 Å². The van der Waals surface area contributed by atoms with Crippen molar-refractivity contribution < 1.29 is 14.3 Å². The van der Waals surface area contributed by atoms with Crippen molar-refractivity contribution >= 4 is 29.1 Å². The maximum absolute atomic E-state index is 12.6. The number of carbonyl (C=O) groups excluding carboxylic acids is 2. The molecule has 2 N–H and O–H groups in total. The highest BCUT2D eigenvalue weighted by molar-refractivity contribution is 6.31. The average Bonchev–Trinajstić information content (AvgIpc) is 2.73. The molecule has 3 rings (SSSR count). The van der Waals surface area contributed by atoms with Gasteiger partial charge in [0.05, 0.1) is 18.4 Å². The van der Waals surface area contributed by atoms with Crippen molar-refractivity contribution in [1.82, 2.24) is 5.32 Å². The first-order valence-electron chi connectivity index (χ1n) is 8.64. The Bertz CT molecular complexity index is 987. The van der Waals surface area contributed by atoms with Crippen molar-refractivity contribution in [1.29, 1.82) is 0 Å². The summed E-state index contributed by atoms with van der Waals surface area (Å²) in [6.07, 6.45) is 0. The van der Waals surface area contributed by atoms with Crippen LogP contribution in [0.1, 0.15) is 26.3 Å². The van der Waals surface area contributed by atoms with Crippen LogP contribution in [-0.2, 0) is 6.54 Å². The predicted octanol–water partition coefficient (Wildman–Crippen LogP) is 4.53. The van der Waals surface area contributed by atoms with Crippen molar-refractivity contribution in [2.75, 3.05) is 12.4 Å². The van der Waals surface area contributed by atoms with Crippen LogP contribution in [0, 0.1) is 0 Å². The molecule has 3 aromatic carbocycles. The molecule has 0 aromatic heterocycles. The van der Waals surface area contributed by atoms with Crippen LogP contribution in [0.15, 0.2) is 72.8 Å². The molecule has 142 valence electrons. The first kappa shape index (κ1) is 19.5. The Morgan fingerprint density at radius 1 is 0.893 bits per heavy atom. The summed E-state index contributed by atoms with van der Waals surface area (Å²) < 4.78 is 5.10. The largest absolute Gasteiger partial charge is 0.497 e. The maximum atomic E-state index is 12.6. The lowest BCUT2D eigenvalue weighted by Gasteiger charge is -2.12. The minimum Gasteiger partial charge on any atom is -0.497 e. The zero-order valence-electron chi connectivity index (χ0n) is 15.2. The fourth-order valence-electron chi connectivity index (χ4n) is 2.64. The third-order valence-electron chi connectivity index (χ3n) is 4.17. The standard InChI is InChI=1S/C22H19ClN2O3/c1-28-17-12-10-15(11-13-17)21(26)25-20-9-5-3-7-18(20)22(27)24-14-16-6-2-4-8-19(16)23/h2-13H,14H2,1H3,(H,24,27)(H,25,26). The number of anilines is 1. The Morgan fingerprint density at radius 3 is 2.29 bits per heavy atom. The molecule has 6 heteroatoms. The summed E-state index contributed by atoms with van der Waals surface area (Å²) in [6, 6.07) is 20.9. The molecule has 0 spiro atoms. The van der Waals surface area contributed by atoms with Gasteiger partial charge in [0.25, 0.3) is 11.8 Å². The molecule has 0 aliphatic carbocycles. The number of amides is 2. The molecule has 0 fully saturated rings. The van der Waals surface area contributed by atoms with E-state index in [0.717, 1.165) is 5.56 Å². The molecular weight excluding hydrogens is 376 g/mol. The Morgan fingerprint density at radius 2 is 1.57 bits per heavy atom. The molecule has 0 aliphatic heterocycles. The summed E-state index contributed by atoms with van der Waals surface area (Å²) in [5.74, 6) is 0.0514. The molecule has 0 aliphatic rings. The van der Waals surface area contributed by atoms with E-state index in [0.29, 0.717) is 34.1 Å². The van der Waals surface area contributed by atoms with E-state index in [4.69, 9.17) is 16.3 Å². The van der Waals surface area contributed by atoms with Gasteiger partial charge < -0.3 is 15.4 Å². The van der Waals surface area contributed by atoms with Crippen LogP contribution in [0.2, 0.25) is 5.02 Å². The Labute approximate surface area is 168 Å². The first-order valence-corrected chi connectivity index (χ1v) is 9.02. The number of halogens is 1. The van der Waals surface area contributed by atoms with E-state index in [1.165, 1.54) is 0 Å². The van der Waals surface area contributed by atoms with Crippen molar-refractivity contribution in [3.8, 4) is 5.75 Å². The zero-order chi connectivity index (χ0) is 19.9. The van der Waals surface area contributed by atoms with Crippen LogP contribution in [-0.4, -0.2) is 18.9 Å². The highest BCUT2D eigenvalue weighted by Crippen LogP contribution is 2.19. The van der Waals surface area contributed by atoms with E-state index < -0.39 is 0 Å². The molecule has 0 saturated heterocycles. The minimum atomic E-state index is -0.311. The number of hydrogen-bond acceptors (Lipinski definition) is 3. The van der Waals surface area contributed by atoms with E-state index in [1.54, 1.807) is 61.7 Å². The van der Waals surface area contributed by atoms with Crippen molar-refractivity contribution in [2.24, 2.45) is 0 Å². The number of ether oxygens (including phenoxy) is 1. The molecular formula is C22H19ClN2O3. The predicted molar refractivity (Wildman–Crippen MR) is 110 cm³/mol. The number of methoxy groups -OCH3 is 1. The molecule has 0 saturated carbocycles. The zero-order valence-corrected chi connectivity index (χ0v) is 16.0. The quantitative estimate of drug-likeness (QED) is 0.645. The number of rotatable bonds is 6. The topological polar surface area (TPSA) is 67.4 Å². The average molecular weight is 395 g/mol. The summed E-state index contributed by atoms with van der Waals surface area (Å²) in [6.45, 7) is 0.291. The van der Waals surface area contributed by atoms with Crippen LogP contribution in [0.3, 0.4) is 0 Å². The third kappa shape index (κ3) is 4.69. The fourth-order valence-corrected chi connectivity index (χ4v) is 2.84. The van der Waals surface area contributed by atoms with Gasteiger partial charge in [0.1, 0.15) is 5.75 Å². The minimum absolute atomic E-state index is 0.291. The monoisotopic (exact) mass is 394 g/mol. The number of hydrogen-bond donors (Lipinski definition) is 2. The Kier molecular flexibility index (Phi) is 6.29. The van der Waals surface area contributed by atoms with Gasteiger partial charge in [0.15, 0.2) is 0 Å². The summed E-state index contributed by atoms with van der Waals surface area (Å²) >= 11 is 6.13. The van der Waals surface area contributed by atoms with Gasteiger partial charge in [-0.05, 0) is 48.0 Å². The molecule has 0 bridgehead atoms. The second-order valence-corrected chi connectivity index (χ2v) is 6.41.